The summed E-state index contributed by atoms with van der Waals surface area (Å²) in [6, 6.07) is 5.31. The number of rotatable bonds is 11. The Bertz CT molecular complexity index is 1060. The van der Waals surface area contributed by atoms with Crippen molar-refractivity contribution in [3.05, 3.63) is 28.2 Å². The molecule has 3 rings (SSSR count). The summed E-state index contributed by atoms with van der Waals surface area (Å²) in [4.78, 5) is 38.4. The summed E-state index contributed by atoms with van der Waals surface area (Å²) in [6.45, 7) is 8.46. The fourth-order valence-electron chi connectivity index (χ4n) is 4.25. The summed E-state index contributed by atoms with van der Waals surface area (Å²) in [5, 5.41) is 12.8. The number of hydrogen-bond donors (Lipinski definition) is 2. The van der Waals surface area contributed by atoms with E-state index in [0.29, 0.717) is 68.1 Å². The molecule has 13 heteroatoms. The first-order valence-corrected chi connectivity index (χ1v) is 14.3. The number of likely N-dealkylation sites (tertiary alicyclic amines) is 1. The van der Waals surface area contributed by atoms with Gasteiger partial charge in [0.05, 0.1) is 35.6 Å². The van der Waals surface area contributed by atoms with Crippen molar-refractivity contribution in [3.63, 3.8) is 0 Å². The highest BCUT2D eigenvalue weighted by atomic mass is 35.5. The minimum Gasteiger partial charge on any atom is -0.444 e. The van der Waals surface area contributed by atoms with Crippen molar-refractivity contribution in [2.24, 2.45) is 11.0 Å². The van der Waals surface area contributed by atoms with Gasteiger partial charge in [0, 0.05) is 39.0 Å². The van der Waals surface area contributed by atoms with Crippen LogP contribution in [0.3, 0.4) is 0 Å². The Labute approximate surface area is 245 Å². The predicted octanol–water partition coefficient (Wildman–Crippen LogP) is 3.82. The summed E-state index contributed by atoms with van der Waals surface area (Å²) in [5.41, 5.74) is 0.276. The fraction of sp³-hybridized carbons (Fsp3) is 0.630. The molecule has 2 N–H and O–H groups in total. The molecule has 222 valence electrons. The van der Waals surface area contributed by atoms with Gasteiger partial charge in [-0.2, -0.15) is 5.10 Å². The predicted molar refractivity (Wildman–Crippen MR) is 154 cm³/mol. The zero-order chi connectivity index (χ0) is 29.1. The molecule has 1 fully saturated rings. The number of amides is 3. The molecule has 2 aliphatic heterocycles. The normalized spacial score (nSPS) is 16.1. The van der Waals surface area contributed by atoms with Gasteiger partial charge in [-0.15, -0.1) is 0 Å². The molecule has 0 aliphatic carbocycles. The quantitative estimate of drug-likeness (QED) is 0.371. The Kier molecular flexibility index (Phi) is 12.3. The lowest BCUT2D eigenvalue weighted by Gasteiger charge is -2.31. The highest BCUT2D eigenvalue weighted by molar-refractivity contribution is 6.42. The Morgan fingerprint density at radius 3 is 2.45 bits per heavy atom. The van der Waals surface area contributed by atoms with Crippen molar-refractivity contribution >= 4 is 52.6 Å². The molecule has 3 amide bonds. The summed E-state index contributed by atoms with van der Waals surface area (Å²) >= 11 is 12.1. The highest BCUT2D eigenvalue weighted by Gasteiger charge is 2.26. The average molecular weight is 601 g/mol. The van der Waals surface area contributed by atoms with Crippen LogP contribution in [0.15, 0.2) is 23.3 Å². The van der Waals surface area contributed by atoms with Gasteiger partial charge in [0.15, 0.2) is 0 Å². The van der Waals surface area contributed by atoms with Crippen LogP contribution in [0.25, 0.3) is 0 Å². The third-order valence-corrected chi connectivity index (χ3v) is 6.98. The molecule has 0 unspecified atom stereocenters. The van der Waals surface area contributed by atoms with E-state index in [9.17, 15) is 14.4 Å². The topological polar surface area (TPSA) is 122 Å². The lowest BCUT2D eigenvalue weighted by molar-refractivity contribution is -0.138. The number of halogens is 2. The van der Waals surface area contributed by atoms with Gasteiger partial charge in [-0.05, 0) is 57.7 Å². The summed E-state index contributed by atoms with van der Waals surface area (Å²) in [6.07, 6.45) is 2.05. The van der Waals surface area contributed by atoms with Gasteiger partial charge in [0.25, 0.3) is 0 Å². The first-order valence-electron chi connectivity index (χ1n) is 13.5. The van der Waals surface area contributed by atoms with E-state index in [4.69, 9.17) is 37.4 Å². The number of piperidine rings is 1. The maximum atomic E-state index is 12.6. The van der Waals surface area contributed by atoms with Gasteiger partial charge in [0.1, 0.15) is 18.0 Å². The number of ether oxygens (including phenoxy) is 3. The zero-order valence-corrected chi connectivity index (χ0v) is 24.9. The zero-order valence-electron chi connectivity index (χ0n) is 23.3. The van der Waals surface area contributed by atoms with Gasteiger partial charge in [-0.1, -0.05) is 23.2 Å². The van der Waals surface area contributed by atoms with E-state index in [1.54, 1.807) is 42.8 Å². The number of nitrogens with one attached hydrogen (secondary N) is 2. The second kappa shape index (κ2) is 15.4. The molecular formula is C27H39Cl2N5O6. The van der Waals surface area contributed by atoms with Gasteiger partial charge >= 0.3 is 6.09 Å². The average Bonchev–Trinajstić information content (AvgIpc) is 3.34. The molecular weight excluding hydrogens is 561 g/mol. The Balaban J connectivity index is 1.24. The smallest absolute Gasteiger partial charge is 0.407 e. The number of carbonyl (C=O) groups excluding carboxylic acids is 3. The first-order chi connectivity index (χ1) is 19.0. The van der Waals surface area contributed by atoms with Crippen molar-refractivity contribution in [3.8, 4) is 0 Å². The van der Waals surface area contributed by atoms with E-state index in [-0.39, 0.29) is 30.9 Å². The van der Waals surface area contributed by atoms with Gasteiger partial charge in [-0.3, -0.25) is 14.6 Å². The maximum absolute atomic E-state index is 12.6. The lowest BCUT2D eigenvalue weighted by Crippen LogP contribution is -2.41. The minimum absolute atomic E-state index is 0.0141. The van der Waals surface area contributed by atoms with Gasteiger partial charge < -0.3 is 29.7 Å². The van der Waals surface area contributed by atoms with Gasteiger partial charge in [0.2, 0.25) is 11.8 Å². The molecule has 2 heterocycles. The number of hydrazone groups is 1. The second-order valence-electron chi connectivity index (χ2n) is 10.7. The van der Waals surface area contributed by atoms with E-state index < -0.39 is 11.7 Å². The van der Waals surface area contributed by atoms with Crippen molar-refractivity contribution in [2.45, 2.75) is 52.1 Å². The second-order valence-corrected chi connectivity index (χ2v) is 11.5. The molecule has 0 saturated carbocycles. The van der Waals surface area contributed by atoms with E-state index in [2.05, 4.69) is 15.7 Å². The number of carbonyl (C=O) groups is 3. The molecule has 0 atom stereocenters. The van der Waals surface area contributed by atoms with Crippen LogP contribution >= 0.6 is 23.2 Å². The molecule has 11 nitrogen and oxygen atoms in total. The molecule has 1 aromatic rings. The Morgan fingerprint density at radius 1 is 1.02 bits per heavy atom. The standard InChI is InChI=1S/C27H39Cl2N5O6/c1-27(2,3)40-26(37)30-9-13-38-14-15-39-18-25(36)33-10-6-19(7-11-33)16-24(35)31-23-8-12-34(32-23)20-4-5-21(28)22(29)17-20/h4-5,17,19H,6-16,18H2,1-3H3,(H,30,37)(H,31,32,35). The van der Waals surface area contributed by atoms with Crippen LogP contribution in [0.2, 0.25) is 10.0 Å². The number of benzene rings is 1. The maximum Gasteiger partial charge on any atom is 0.407 e. The summed E-state index contributed by atoms with van der Waals surface area (Å²) in [7, 11) is 0. The number of hydrogen-bond acceptors (Lipinski definition) is 8. The van der Waals surface area contributed by atoms with Crippen molar-refractivity contribution in [1.29, 1.82) is 0 Å². The fourth-order valence-corrected chi connectivity index (χ4v) is 4.54. The third kappa shape index (κ3) is 11.1. The molecule has 0 aromatic heterocycles. The number of amidine groups is 1. The molecule has 0 bridgehead atoms. The van der Waals surface area contributed by atoms with Crippen LogP contribution in [0.1, 0.15) is 46.5 Å². The SMILES string of the molecule is CC(C)(C)OC(=O)NCCOCCOCC(=O)N1CCC(CC(=O)NC2=NN(c3ccc(Cl)c(Cl)c3)CC2)CC1. The molecule has 40 heavy (non-hydrogen) atoms. The number of anilines is 1. The van der Waals surface area contributed by atoms with E-state index in [1.165, 1.54) is 0 Å². The van der Waals surface area contributed by atoms with Gasteiger partial charge in [-0.25, -0.2) is 4.79 Å². The Hall–Kier alpha value is -2.60. The van der Waals surface area contributed by atoms with Crippen LogP contribution in [0.5, 0.6) is 0 Å². The molecule has 1 saturated heterocycles. The van der Waals surface area contributed by atoms with Crippen LogP contribution in [-0.2, 0) is 23.8 Å². The van der Waals surface area contributed by atoms with Crippen LogP contribution < -0.4 is 15.6 Å². The number of nitrogens with zero attached hydrogens (tertiary/aromatic N) is 3. The highest BCUT2D eigenvalue weighted by Crippen LogP contribution is 2.28. The third-order valence-electron chi connectivity index (χ3n) is 6.24. The van der Waals surface area contributed by atoms with Crippen LogP contribution in [0, 0.1) is 5.92 Å². The minimum atomic E-state index is -0.543. The monoisotopic (exact) mass is 599 g/mol. The van der Waals surface area contributed by atoms with Crippen molar-refractivity contribution in [2.75, 3.05) is 57.6 Å². The van der Waals surface area contributed by atoms with Crippen LogP contribution in [0.4, 0.5) is 10.5 Å². The summed E-state index contributed by atoms with van der Waals surface area (Å²) in [5.74, 6) is 0.700. The molecule has 0 spiro atoms. The van der Waals surface area contributed by atoms with Crippen molar-refractivity contribution in [1.82, 2.24) is 15.5 Å². The van der Waals surface area contributed by atoms with Crippen LogP contribution in [-0.4, -0.2) is 86.9 Å². The van der Waals surface area contributed by atoms with E-state index >= 15 is 0 Å². The molecule has 0 radical (unpaired) electrons. The first kappa shape index (κ1) is 31.9. The van der Waals surface area contributed by atoms with E-state index in [1.807, 2.05) is 6.07 Å². The number of alkyl carbamates (subject to hydrolysis) is 1. The largest absolute Gasteiger partial charge is 0.444 e. The van der Waals surface area contributed by atoms with Crippen molar-refractivity contribution < 1.29 is 28.6 Å². The Morgan fingerprint density at radius 2 is 1.75 bits per heavy atom. The van der Waals surface area contributed by atoms with E-state index in [0.717, 1.165) is 18.5 Å². The lowest BCUT2D eigenvalue weighted by atomic mass is 9.93. The molecule has 1 aromatic carbocycles. The summed E-state index contributed by atoms with van der Waals surface area (Å²) < 4.78 is 16.0. The molecule has 2 aliphatic rings.